The Balaban J connectivity index is 1.23. The molecule has 4 rings (SSSR count). The van der Waals surface area contributed by atoms with E-state index in [0.29, 0.717) is 0 Å². The Morgan fingerprint density at radius 2 is 1.79 bits per heavy atom. The van der Waals surface area contributed by atoms with Crippen LogP contribution in [0.4, 0.5) is 16.3 Å². The molecule has 2 aliphatic rings. The molecule has 0 unspecified atom stereocenters. The van der Waals surface area contributed by atoms with Gasteiger partial charge >= 0.3 is 6.03 Å². The molecule has 3 heterocycles. The third-order valence-electron chi connectivity index (χ3n) is 5.78. The van der Waals surface area contributed by atoms with Gasteiger partial charge in [0, 0.05) is 63.3 Å². The molecular weight excluding hydrogens is 366 g/mol. The molecule has 0 atom stereocenters. The van der Waals surface area contributed by atoms with Crippen LogP contribution >= 0.6 is 0 Å². The minimum Gasteiger partial charge on any atom is -0.497 e. The monoisotopic (exact) mass is 395 g/mol. The second-order valence-corrected chi connectivity index (χ2v) is 7.57. The van der Waals surface area contributed by atoms with Crippen LogP contribution in [0.3, 0.4) is 0 Å². The van der Waals surface area contributed by atoms with Crippen LogP contribution in [0.15, 0.2) is 48.7 Å². The molecule has 1 aromatic carbocycles. The molecule has 0 saturated carbocycles. The van der Waals surface area contributed by atoms with E-state index in [-0.39, 0.29) is 12.1 Å². The number of amides is 2. The lowest BCUT2D eigenvalue weighted by Crippen LogP contribution is -2.55. The third kappa shape index (κ3) is 4.72. The molecule has 1 aromatic heterocycles. The van der Waals surface area contributed by atoms with Gasteiger partial charge in [-0.15, -0.1) is 0 Å². The maximum absolute atomic E-state index is 12.7. The number of pyridine rings is 1. The number of carbonyl (C=O) groups excluding carboxylic acids is 1. The number of urea groups is 1. The number of benzene rings is 1. The highest BCUT2D eigenvalue weighted by Crippen LogP contribution is 2.22. The topological polar surface area (TPSA) is 60.9 Å². The largest absolute Gasteiger partial charge is 0.497 e. The van der Waals surface area contributed by atoms with Crippen LogP contribution in [0.25, 0.3) is 0 Å². The van der Waals surface area contributed by atoms with Crippen LogP contribution in [-0.4, -0.2) is 68.3 Å². The van der Waals surface area contributed by atoms with E-state index in [2.05, 4.69) is 26.2 Å². The van der Waals surface area contributed by atoms with Gasteiger partial charge in [-0.25, -0.2) is 9.78 Å². The van der Waals surface area contributed by atoms with Crippen molar-refractivity contribution in [3.63, 3.8) is 0 Å². The van der Waals surface area contributed by atoms with Gasteiger partial charge in [-0.05, 0) is 37.1 Å². The van der Waals surface area contributed by atoms with Gasteiger partial charge in [0.25, 0.3) is 0 Å². The minimum atomic E-state index is 0.0616. The lowest BCUT2D eigenvalue weighted by molar-refractivity contribution is 0.188. The maximum Gasteiger partial charge on any atom is 0.317 e. The van der Waals surface area contributed by atoms with Crippen molar-refractivity contribution in [1.82, 2.24) is 15.2 Å². The molecule has 2 aromatic rings. The van der Waals surface area contributed by atoms with E-state index in [0.717, 1.165) is 69.4 Å². The van der Waals surface area contributed by atoms with Gasteiger partial charge in [0.05, 0.1) is 7.11 Å². The zero-order chi connectivity index (χ0) is 20.1. The summed E-state index contributed by atoms with van der Waals surface area (Å²) in [6, 6.07) is 14.4. The SMILES string of the molecule is COc1cccc(N2CCN(C(=O)NC3CCN(c4ccccn4)CC3)CC2)c1. The fraction of sp³-hybridized carbons (Fsp3) is 0.455. The molecule has 7 heteroatoms. The number of piperazine rings is 1. The summed E-state index contributed by atoms with van der Waals surface area (Å²) in [5.74, 6) is 1.88. The van der Waals surface area contributed by atoms with Gasteiger partial charge in [0.15, 0.2) is 0 Å². The lowest BCUT2D eigenvalue weighted by Gasteiger charge is -2.38. The normalized spacial score (nSPS) is 17.9. The third-order valence-corrected chi connectivity index (χ3v) is 5.78. The summed E-state index contributed by atoms with van der Waals surface area (Å²) in [7, 11) is 1.68. The first-order chi connectivity index (χ1) is 14.2. The quantitative estimate of drug-likeness (QED) is 0.862. The van der Waals surface area contributed by atoms with Crippen molar-refractivity contribution in [3.8, 4) is 5.75 Å². The average molecular weight is 396 g/mol. The summed E-state index contributed by atoms with van der Waals surface area (Å²) in [4.78, 5) is 23.7. The predicted molar refractivity (Wildman–Crippen MR) is 115 cm³/mol. The van der Waals surface area contributed by atoms with E-state index in [1.807, 2.05) is 47.5 Å². The van der Waals surface area contributed by atoms with Crippen molar-refractivity contribution >= 4 is 17.5 Å². The molecule has 0 aliphatic carbocycles. The van der Waals surface area contributed by atoms with E-state index in [1.54, 1.807) is 7.11 Å². The molecule has 2 amide bonds. The van der Waals surface area contributed by atoms with Crippen molar-refractivity contribution in [3.05, 3.63) is 48.7 Å². The van der Waals surface area contributed by atoms with Crippen LogP contribution in [0.2, 0.25) is 0 Å². The highest BCUT2D eigenvalue weighted by molar-refractivity contribution is 5.75. The summed E-state index contributed by atoms with van der Waals surface area (Å²) >= 11 is 0. The number of piperidine rings is 1. The van der Waals surface area contributed by atoms with E-state index in [1.165, 1.54) is 0 Å². The number of carbonyl (C=O) groups is 1. The molecular formula is C22H29N5O2. The van der Waals surface area contributed by atoms with Crippen LogP contribution < -0.4 is 19.9 Å². The number of methoxy groups -OCH3 is 1. The van der Waals surface area contributed by atoms with Crippen molar-refractivity contribution < 1.29 is 9.53 Å². The Bertz CT molecular complexity index is 800. The molecule has 2 saturated heterocycles. The first kappa shape index (κ1) is 19.4. The number of hydrogen-bond donors (Lipinski definition) is 1. The molecule has 2 aliphatic heterocycles. The van der Waals surface area contributed by atoms with Crippen molar-refractivity contribution in [2.24, 2.45) is 0 Å². The van der Waals surface area contributed by atoms with Gasteiger partial charge in [-0.2, -0.15) is 0 Å². The summed E-state index contributed by atoms with van der Waals surface area (Å²) in [6.07, 6.45) is 3.73. The number of ether oxygens (including phenoxy) is 1. The Morgan fingerprint density at radius 1 is 1.00 bits per heavy atom. The number of aromatic nitrogens is 1. The molecule has 7 nitrogen and oxygen atoms in total. The predicted octanol–water partition coefficient (Wildman–Crippen LogP) is 2.59. The Labute approximate surface area is 172 Å². The number of hydrogen-bond acceptors (Lipinski definition) is 5. The zero-order valence-electron chi connectivity index (χ0n) is 17.0. The van der Waals surface area contributed by atoms with E-state index in [9.17, 15) is 4.79 Å². The molecule has 1 N–H and O–H groups in total. The molecule has 154 valence electrons. The highest BCUT2D eigenvalue weighted by atomic mass is 16.5. The van der Waals surface area contributed by atoms with Crippen molar-refractivity contribution in [2.75, 3.05) is 56.2 Å². The second kappa shape index (κ2) is 9.03. The number of anilines is 2. The first-order valence-corrected chi connectivity index (χ1v) is 10.3. The van der Waals surface area contributed by atoms with E-state index >= 15 is 0 Å². The smallest absolute Gasteiger partial charge is 0.317 e. The van der Waals surface area contributed by atoms with Gasteiger partial charge in [-0.3, -0.25) is 0 Å². The van der Waals surface area contributed by atoms with Crippen LogP contribution in [-0.2, 0) is 0 Å². The van der Waals surface area contributed by atoms with Gasteiger partial charge < -0.3 is 24.8 Å². The van der Waals surface area contributed by atoms with Crippen molar-refractivity contribution in [2.45, 2.75) is 18.9 Å². The minimum absolute atomic E-state index is 0.0616. The summed E-state index contributed by atoms with van der Waals surface area (Å²) < 4.78 is 5.32. The number of rotatable bonds is 4. The molecule has 0 bridgehead atoms. The Hall–Kier alpha value is -2.96. The maximum atomic E-state index is 12.7. The molecule has 0 spiro atoms. The Kier molecular flexibility index (Phi) is 6.03. The number of nitrogens with one attached hydrogen (secondary N) is 1. The Morgan fingerprint density at radius 3 is 2.48 bits per heavy atom. The summed E-state index contributed by atoms with van der Waals surface area (Å²) in [5, 5.41) is 3.23. The second-order valence-electron chi connectivity index (χ2n) is 7.57. The molecule has 2 fully saturated rings. The zero-order valence-corrected chi connectivity index (χ0v) is 17.0. The molecule has 29 heavy (non-hydrogen) atoms. The fourth-order valence-corrected chi connectivity index (χ4v) is 4.03. The molecule has 0 radical (unpaired) electrons. The average Bonchev–Trinajstić information content (AvgIpc) is 2.80. The number of nitrogens with zero attached hydrogens (tertiary/aromatic N) is 4. The van der Waals surface area contributed by atoms with Crippen LogP contribution in [0.1, 0.15) is 12.8 Å². The summed E-state index contributed by atoms with van der Waals surface area (Å²) in [6.45, 7) is 4.97. The standard InChI is InChI=1S/C22H29N5O2/c1-29-20-6-4-5-19(17-20)25-13-15-27(16-14-25)22(28)24-18-8-11-26(12-9-18)21-7-2-3-10-23-21/h2-7,10,17-18H,8-9,11-16H2,1H3,(H,24,28). The van der Waals surface area contributed by atoms with Gasteiger partial charge in [0.1, 0.15) is 11.6 Å². The lowest BCUT2D eigenvalue weighted by atomic mass is 10.1. The first-order valence-electron chi connectivity index (χ1n) is 10.3. The van der Waals surface area contributed by atoms with Crippen molar-refractivity contribution in [1.29, 1.82) is 0 Å². The fourth-order valence-electron chi connectivity index (χ4n) is 4.03. The van der Waals surface area contributed by atoms with Crippen LogP contribution in [0.5, 0.6) is 5.75 Å². The highest BCUT2D eigenvalue weighted by Gasteiger charge is 2.26. The van der Waals surface area contributed by atoms with E-state index < -0.39 is 0 Å². The van der Waals surface area contributed by atoms with Gasteiger partial charge in [-0.1, -0.05) is 12.1 Å². The van der Waals surface area contributed by atoms with Crippen LogP contribution in [0, 0.1) is 0 Å². The summed E-state index contributed by atoms with van der Waals surface area (Å²) in [5.41, 5.74) is 1.14. The van der Waals surface area contributed by atoms with E-state index in [4.69, 9.17) is 4.74 Å². The van der Waals surface area contributed by atoms with Gasteiger partial charge in [0.2, 0.25) is 0 Å².